The molecule has 1 aromatic rings. The predicted molar refractivity (Wildman–Crippen MR) is 105 cm³/mol. The molecular formula is C22H35NO. The molecule has 1 aliphatic carbocycles. The molecule has 1 unspecified atom stereocenters. The summed E-state index contributed by atoms with van der Waals surface area (Å²) >= 11 is 0. The number of benzene rings is 1. The molecule has 2 aliphatic rings. The van der Waals surface area contributed by atoms with Crippen LogP contribution < -0.4 is 10.4 Å². The number of amides is 1. The fourth-order valence-corrected chi connectivity index (χ4v) is 3.10. The molecule has 3 rings (SSSR count). The quantitative estimate of drug-likeness (QED) is 0.707. The van der Waals surface area contributed by atoms with Crippen molar-refractivity contribution in [2.24, 2.45) is 11.8 Å². The fraction of sp³-hybridized carbons (Fsp3) is 0.591. The van der Waals surface area contributed by atoms with Crippen LogP contribution >= 0.6 is 0 Å². The molecule has 1 aliphatic heterocycles. The maximum atomic E-state index is 10.8. The van der Waals surface area contributed by atoms with E-state index in [1.807, 2.05) is 18.7 Å². The van der Waals surface area contributed by atoms with Gasteiger partial charge >= 0.3 is 0 Å². The molecule has 134 valence electrons. The number of carbonyl (C=O) groups is 1. The number of fused-ring (bicyclic) bond motifs is 1. The van der Waals surface area contributed by atoms with Gasteiger partial charge in [0.1, 0.15) is 0 Å². The van der Waals surface area contributed by atoms with E-state index in [2.05, 4.69) is 51.1 Å². The standard InChI is InChI=1S/C12H14.C8H15NO.C2H6/c1-9-6-7-11-5-3-4-10(2)12(11)8-9;1-7-3-5-9(6-4-7)8(2)10;1-2/h3-5,7-9H,6H2,1-2H3;7H,3-6H2,1-2H3;1-2H3. The van der Waals surface area contributed by atoms with Crippen LogP contribution in [0.2, 0.25) is 0 Å². The van der Waals surface area contributed by atoms with Crippen molar-refractivity contribution in [2.45, 2.75) is 60.8 Å². The summed E-state index contributed by atoms with van der Waals surface area (Å²) in [7, 11) is 0. The fourth-order valence-electron chi connectivity index (χ4n) is 3.10. The van der Waals surface area contributed by atoms with Crippen LogP contribution in [-0.4, -0.2) is 23.9 Å². The van der Waals surface area contributed by atoms with Crippen molar-refractivity contribution >= 4 is 18.1 Å². The van der Waals surface area contributed by atoms with E-state index in [0.29, 0.717) is 5.92 Å². The molecule has 1 saturated heterocycles. The van der Waals surface area contributed by atoms with E-state index in [9.17, 15) is 4.79 Å². The van der Waals surface area contributed by atoms with Gasteiger partial charge in [-0.15, -0.1) is 0 Å². The van der Waals surface area contributed by atoms with Gasteiger partial charge in [-0.25, -0.2) is 0 Å². The van der Waals surface area contributed by atoms with E-state index < -0.39 is 0 Å². The number of likely N-dealkylation sites (tertiary alicyclic amines) is 1. The van der Waals surface area contributed by atoms with E-state index in [0.717, 1.165) is 19.0 Å². The Labute approximate surface area is 148 Å². The zero-order chi connectivity index (χ0) is 18.1. The highest BCUT2D eigenvalue weighted by Crippen LogP contribution is 2.15. The Balaban J connectivity index is 0.000000221. The highest BCUT2D eigenvalue weighted by atomic mass is 16.2. The second-order valence-corrected chi connectivity index (χ2v) is 6.85. The number of hydrogen-bond donors (Lipinski definition) is 0. The number of nitrogens with zero attached hydrogens (tertiary/aromatic N) is 1. The highest BCUT2D eigenvalue weighted by Gasteiger charge is 2.16. The summed E-state index contributed by atoms with van der Waals surface area (Å²) in [5, 5.41) is 2.85. The number of hydrogen-bond acceptors (Lipinski definition) is 1. The molecule has 24 heavy (non-hydrogen) atoms. The molecule has 2 heteroatoms. The second-order valence-electron chi connectivity index (χ2n) is 6.85. The molecule has 0 aromatic heterocycles. The number of aryl methyl sites for hydroxylation is 1. The average molecular weight is 330 g/mol. The molecule has 0 bridgehead atoms. The molecule has 0 spiro atoms. The minimum Gasteiger partial charge on any atom is -0.343 e. The lowest BCUT2D eigenvalue weighted by Crippen LogP contribution is -2.36. The molecule has 0 saturated carbocycles. The Morgan fingerprint density at radius 2 is 1.75 bits per heavy atom. The molecule has 0 N–H and O–H groups in total. The highest BCUT2D eigenvalue weighted by molar-refractivity contribution is 5.73. The first kappa shape index (κ1) is 20.5. The molecule has 1 amide bonds. The van der Waals surface area contributed by atoms with Crippen LogP contribution in [0, 0.1) is 18.8 Å². The van der Waals surface area contributed by atoms with E-state index in [-0.39, 0.29) is 5.91 Å². The van der Waals surface area contributed by atoms with E-state index >= 15 is 0 Å². The van der Waals surface area contributed by atoms with Gasteiger partial charge in [0.15, 0.2) is 0 Å². The normalized spacial score (nSPS) is 19.4. The number of piperidine rings is 1. The predicted octanol–water partition coefficient (Wildman–Crippen LogP) is 3.89. The Bertz CT molecular complexity index is 624. The van der Waals surface area contributed by atoms with Crippen molar-refractivity contribution in [1.82, 2.24) is 4.90 Å². The van der Waals surface area contributed by atoms with Crippen LogP contribution in [0.15, 0.2) is 18.2 Å². The van der Waals surface area contributed by atoms with Crippen molar-refractivity contribution in [3.8, 4) is 0 Å². The van der Waals surface area contributed by atoms with Gasteiger partial charge < -0.3 is 4.90 Å². The van der Waals surface area contributed by atoms with Crippen molar-refractivity contribution in [3.63, 3.8) is 0 Å². The van der Waals surface area contributed by atoms with Gasteiger partial charge in [-0.2, -0.15) is 0 Å². The van der Waals surface area contributed by atoms with Gasteiger partial charge in [-0.05, 0) is 54.0 Å². The maximum absolute atomic E-state index is 10.8. The monoisotopic (exact) mass is 329 g/mol. The maximum Gasteiger partial charge on any atom is 0.219 e. The SMILES string of the molecule is CC.CC(=O)N1CCC(C)CC1.Cc1cccc2c1=CC(C)CC=2. The zero-order valence-corrected chi connectivity index (χ0v) is 16.4. The first-order valence-corrected chi connectivity index (χ1v) is 9.50. The minimum atomic E-state index is 0.229. The van der Waals surface area contributed by atoms with Crippen molar-refractivity contribution in [3.05, 3.63) is 34.2 Å². The molecular weight excluding hydrogens is 294 g/mol. The lowest BCUT2D eigenvalue weighted by atomic mass is 9.97. The van der Waals surface area contributed by atoms with Crippen molar-refractivity contribution < 1.29 is 4.79 Å². The molecule has 1 aromatic carbocycles. The number of rotatable bonds is 0. The van der Waals surface area contributed by atoms with Crippen molar-refractivity contribution in [2.75, 3.05) is 13.1 Å². The average Bonchev–Trinajstić information content (AvgIpc) is 2.58. The minimum absolute atomic E-state index is 0.229. The summed E-state index contributed by atoms with van der Waals surface area (Å²) in [5.74, 6) is 1.75. The number of carbonyl (C=O) groups excluding carboxylic acids is 1. The first-order valence-electron chi connectivity index (χ1n) is 9.50. The van der Waals surface area contributed by atoms with Gasteiger partial charge in [0.25, 0.3) is 0 Å². The molecule has 1 fully saturated rings. The van der Waals surface area contributed by atoms with Gasteiger partial charge in [0.2, 0.25) is 5.91 Å². The van der Waals surface area contributed by atoms with Gasteiger partial charge in [-0.3, -0.25) is 4.79 Å². The van der Waals surface area contributed by atoms with Crippen LogP contribution in [0.25, 0.3) is 12.2 Å². The third-order valence-corrected chi connectivity index (χ3v) is 4.75. The van der Waals surface area contributed by atoms with Gasteiger partial charge in [0.05, 0.1) is 0 Å². The molecule has 2 nitrogen and oxygen atoms in total. The first-order chi connectivity index (χ1) is 11.5. The topological polar surface area (TPSA) is 20.3 Å². The molecule has 1 atom stereocenters. The summed E-state index contributed by atoms with van der Waals surface area (Å²) in [6, 6.07) is 6.51. The summed E-state index contributed by atoms with van der Waals surface area (Å²) in [4.78, 5) is 12.8. The third-order valence-electron chi connectivity index (χ3n) is 4.75. The zero-order valence-electron chi connectivity index (χ0n) is 16.4. The Morgan fingerprint density at radius 3 is 2.33 bits per heavy atom. The third kappa shape index (κ3) is 6.14. The Kier molecular flexibility index (Phi) is 8.81. The second kappa shape index (κ2) is 10.3. The van der Waals surface area contributed by atoms with Crippen molar-refractivity contribution in [1.29, 1.82) is 0 Å². The van der Waals surface area contributed by atoms with Crippen LogP contribution in [0.4, 0.5) is 0 Å². The lowest BCUT2D eigenvalue weighted by Gasteiger charge is -2.29. The van der Waals surface area contributed by atoms with Crippen LogP contribution in [0.5, 0.6) is 0 Å². The summed E-state index contributed by atoms with van der Waals surface area (Å²) in [6.07, 6.45) is 8.27. The smallest absolute Gasteiger partial charge is 0.219 e. The van der Waals surface area contributed by atoms with E-state index in [4.69, 9.17) is 0 Å². The van der Waals surface area contributed by atoms with Crippen LogP contribution in [0.1, 0.15) is 59.4 Å². The lowest BCUT2D eigenvalue weighted by molar-refractivity contribution is -0.130. The van der Waals surface area contributed by atoms with Gasteiger partial charge in [-0.1, -0.05) is 58.0 Å². The summed E-state index contributed by atoms with van der Waals surface area (Å²) in [5.41, 5.74) is 1.40. The molecule has 0 radical (unpaired) electrons. The van der Waals surface area contributed by atoms with E-state index in [1.165, 1.54) is 35.3 Å². The summed E-state index contributed by atoms with van der Waals surface area (Å²) < 4.78 is 0. The van der Waals surface area contributed by atoms with Crippen LogP contribution in [-0.2, 0) is 4.79 Å². The Hall–Kier alpha value is -1.57. The Morgan fingerprint density at radius 1 is 1.12 bits per heavy atom. The van der Waals surface area contributed by atoms with Gasteiger partial charge in [0, 0.05) is 20.0 Å². The summed E-state index contributed by atoms with van der Waals surface area (Å²) in [6.45, 7) is 14.3. The largest absolute Gasteiger partial charge is 0.343 e. The van der Waals surface area contributed by atoms with E-state index in [1.54, 1.807) is 6.92 Å². The molecule has 1 heterocycles. The van der Waals surface area contributed by atoms with Crippen LogP contribution in [0.3, 0.4) is 0 Å².